The van der Waals surface area contributed by atoms with Gasteiger partial charge in [0.1, 0.15) is 17.8 Å². The van der Waals surface area contributed by atoms with Crippen molar-refractivity contribution in [3.8, 4) is 11.4 Å². The summed E-state index contributed by atoms with van der Waals surface area (Å²) < 4.78 is 17.1. The summed E-state index contributed by atoms with van der Waals surface area (Å²) in [6, 6.07) is 6.22. The number of nitrogens with zero attached hydrogens (tertiary/aromatic N) is 6. The Morgan fingerprint density at radius 1 is 1.08 bits per heavy atom. The van der Waals surface area contributed by atoms with E-state index in [0.717, 1.165) is 40.9 Å². The molecule has 0 radical (unpaired) electrons. The highest BCUT2D eigenvalue weighted by molar-refractivity contribution is 5.94. The largest absolute Gasteiger partial charge is 0.328 e. The van der Waals surface area contributed by atoms with E-state index >= 15 is 0 Å². The lowest BCUT2D eigenvalue weighted by atomic mass is 10.2. The molecule has 6 nitrogen and oxygen atoms in total. The topological polar surface area (TPSA) is 51.2 Å². The summed E-state index contributed by atoms with van der Waals surface area (Å²) in [7, 11) is 4.13. The van der Waals surface area contributed by atoms with Gasteiger partial charge < -0.3 is 9.47 Å². The first-order valence-corrected chi connectivity index (χ1v) is 8.57. The first-order valence-electron chi connectivity index (χ1n) is 8.57. The number of fused-ring (bicyclic) bond motifs is 3. The Morgan fingerprint density at radius 3 is 2.50 bits per heavy atom. The van der Waals surface area contributed by atoms with Gasteiger partial charge in [0.2, 0.25) is 0 Å². The van der Waals surface area contributed by atoms with Crippen LogP contribution in [0.3, 0.4) is 0 Å². The van der Waals surface area contributed by atoms with Gasteiger partial charge >= 0.3 is 0 Å². The second kappa shape index (κ2) is 6.17. The molecule has 3 heterocycles. The minimum absolute atomic E-state index is 0.272. The van der Waals surface area contributed by atoms with Gasteiger partial charge in [-0.05, 0) is 57.8 Å². The van der Waals surface area contributed by atoms with Crippen molar-refractivity contribution < 1.29 is 4.39 Å². The molecule has 4 aromatic rings. The van der Waals surface area contributed by atoms with E-state index in [9.17, 15) is 4.39 Å². The third-order valence-electron chi connectivity index (χ3n) is 4.82. The number of aryl methyl sites for hydroxylation is 1. The van der Waals surface area contributed by atoms with E-state index in [4.69, 9.17) is 4.98 Å². The lowest BCUT2D eigenvalue weighted by Gasteiger charge is -2.12. The Balaban J connectivity index is 1.89. The molecule has 0 aliphatic rings. The molecule has 0 spiro atoms. The summed E-state index contributed by atoms with van der Waals surface area (Å²) in [5.74, 6) is 0.295. The molecular weight excluding hydrogens is 331 g/mol. The van der Waals surface area contributed by atoms with Crippen molar-refractivity contribution >= 4 is 16.7 Å². The van der Waals surface area contributed by atoms with Crippen LogP contribution in [0.4, 0.5) is 4.39 Å². The maximum absolute atomic E-state index is 13.2. The second-order valence-electron chi connectivity index (χ2n) is 6.82. The van der Waals surface area contributed by atoms with Gasteiger partial charge in [-0.1, -0.05) is 0 Å². The zero-order valence-corrected chi connectivity index (χ0v) is 15.4. The van der Waals surface area contributed by atoms with Crippen molar-refractivity contribution in [2.45, 2.75) is 20.4 Å². The number of hydrogen-bond acceptors (Lipinski definition) is 4. The van der Waals surface area contributed by atoms with Crippen LogP contribution >= 0.6 is 0 Å². The van der Waals surface area contributed by atoms with Gasteiger partial charge in [-0.2, -0.15) is 0 Å². The van der Waals surface area contributed by atoms with Crippen molar-refractivity contribution in [3.05, 3.63) is 47.7 Å². The van der Waals surface area contributed by atoms with Gasteiger partial charge in [-0.15, -0.1) is 5.10 Å². The first kappa shape index (κ1) is 16.7. The Morgan fingerprint density at radius 2 is 1.81 bits per heavy atom. The molecule has 134 valence electrons. The molecule has 0 saturated carbocycles. The molecule has 0 fully saturated rings. The van der Waals surface area contributed by atoms with Crippen molar-refractivity contribution in [2.75, 3.05) is 20.6 Å². The Hall–Kier alpha value is -2.80. The molecule has 0 unspecified atom stereocenters. The fraction of sp³-hybridized carbons (Fsp3) is 0.316. The molecular formula is C19H21FN6. The third kappa shape index (κ3) is 2.64. The smallest absolute Gasteiger partial charge is 0.182 e. The van der Waals surface area contributed by atoms with Gasteiger partial charge in [0.15, 0.2) is 11.5 Å². The van der Waals surface area contributed by atoms with E-state index in [1.54, 1.807) is 23.0 Å². The molecule has 0 N–H and O–H groups in total. The average Bonchev–Trinajstić information content (AvgIpc) is 3.14. The maximum atomic E-state index is 13.2. The van der Waals surface area contributed by atoms with Crippen LogP contribution in [0.5, 0.6) is 0 Å². The van der Waals surface area contributed by atoms with E-state index < -0.39 is 0 Å². The van der Waals surface area contributed by atoms with Crippen LogP contribution in [-0.2, 0) is 6.54 Å². The highest BCUT2D eigenvalue weighted by atomic mass is 19.1. The van der Waals surface area contributed by atoms with Gasteiger partial charge in [-0.25, -0.2) is 18.9 Å². The lowest BCUT2D eigenvalue weighted by Crippen LogP contribution is -2.19. The van der Waals surface area contributed by atoms with Crippen LogP contribution in [0.15, 0.2) is 30.6 Å². The van der Waals surface area contributed by atoms with Crippen LogP contribution in [-0.4, -0.2) is 49.7 Å². The normalized spacial score (nSPS) is 11.9. The van der Waals surface area contributed by atoms with Crippen molar-refractivity contribution in [1.82, 2.24) is 29.0 Å². The van der Waals surface area contributed by atoms with E-state index in [1.165, 1.54) is 17.8 Å². The van der Waals surface area contributed by atoms with E-state index in [1.807, 2.05) is 0 Å². The monoisotopic (exact) mass is 352 g/mol. The summed E-state index contributed by atoms with van der Waals surface area (Å²) in [4.78, 5) is 11.5. The molecule has 3 aromatic heterocycles. The number of halogens is 1. The Bertz CT molecular complexity index is 1090. The van der Waals surface area contributed by atoms with Gasteiger partial charge in [-0.3, -0.25) is 0 Å². The summed E-state index contributed by atoms with van der Waals surface area (Å²) in [5, 5.41) is 5.54. The minimum atomic E-state index is -0.272. The van der Waals surface area contributed by atoms with Crippen LogP contribution in [0.2, 0.25) is 0 Å². The van der Waals surface area contributed by atoms with Crippen LogP contribution in [0, 0.1) is 19.7 Å². The Labute approximate surface area is 150 Å². The lowest BCUT2D eigenvalue weighted by molar-refractivity contribution is 0.384. The summed E-state index contributed by atoms with van der Waals surface area (Å²) in [6.07, 6.45) is 1.70. The highest BCUT2D eigenvalue weighted by Crippen LogP contribution is 2.28. The third-order valence-corrected chi connectivity index (χ3v) is 4.82. The molecule has 0 saturated heterocycles. The van der Waals surface area contributed by atoms with Crippen LogP contribution < -0.4 is 0 Å². The highest BCUT2D eigenvalue weighted by Gasteiger charge is 2.18. The first-order chi connectivity index (χ1) is 12.5. The molecule has 4 rings (SSSR count). The van der Waals surface area contributed by atoms with E-state index in [-0.39, 0.29) is 5.82 Å². The SMILES string of the molecule is Cc1c(C)n(CCN(C)C)c2ncn3nc(-c4ccc(F)cc4)nc3c12. The number of rotatable bonds is 4. The van der Waals surface area contributed by atoms with Crippen LogP contribution in [0.1, 0.15) is 11.3 Å². The van der Waals surface area contributed by atoms with Crippen molar-refractivity contribution in [2.24, 2.45) is 0 Å². The molecule has 0 aliphatic carbocycles. The van der Waals surface area contributed by atoms with E-state index in [2.05, 4.69) is 47.5 Å². The fourth-order valence-electron chi connectivity index (χ4n) is 3.23. The van der Waals surface area contributed by atoms with Crippen molar-refractivity contribution in [3.63, 3.8) is 0 Å². The predicted molar refractivity (Wildman–Crippen MR) is 99.7 cm³/mol. The summed E-state index contributed by atoms with van der Waals surface area (Å²) >= 11 is 0. The maximum Gasteiger partial charge on any atom is 0.182 e. The standard InChI is InChI=1S/C19H21FN6/c1-12-13(2)25(10-9-24(3)4)18-16(12)19-22-17(23-26(19)11-21-18)14-5-7-15(20)8-6-14/h5-8,11H,9-10H2,1-4H3. The number of benzene rings is 1. The number of likely N-dealkylation sites (N-methyl/N-ethyl adjacent to an activating group) is 1. The van der Waals surface area contributed by atoms with Gasteiger partial charge in [0.25, 0.3) is 0 Å². The van der Waals surface area contributed by atoms with Crippen LogP contribution in [0.25, 0.3) is 28.1 Å². The zero-order chi connectivity index (χ0) is 18.4. The molecule has 1 aromatic carbocycles. The van der Waals surface area contributed by atoms with Gasteiger partial charge in [0, 0.05) is 24.3 Å². The quantitative estimate of drug-likeness (QED) is 0.566. The zero-order valence-electron chi connectivity index (χ0n) is 15.4. The second-order valence-corrected chi connectivity index (χ2v) is 6.82. The fourth-order valence-corrected chi connectivity index (χ4v) is 3.23. The minimum Gasteiger partial charge on any atom is -0.328 e. The Kier molecular flexibility index (Phi) is 3.96. The van der Waals surface area contributed by atoms with Gasteiger partial charge in [0.05, 0.1) is 5.39 Å². The molecule has 7 heteroatoms. The average molecular weight is 352 g/mol. The van der Waals surface area contributed by atoms with Crippen molar-refractivity contribution in [1.29, 1.82) is 0 Å². The van der Waals surface area contributed by atoms with E-state index in [0.29, 0.717) is 5.82 Å². The number of hydrogen-bond donors (Lipinski definition) is 0. The molecule has 0 atom stereocenters. The predicted octanol–water partition coefficient (Wildman–Crippen LogP) is 3.06. The summed E-state index contributed by atoms with van der Waals surface area (Å²) in [6.45, 7) is 6.01. The molecule has 0 aliphatic heterocycles. The molecule has 0 bridgehead atoms. The number of aromatic nitrogens is 5. The summed E-state index contributed by atoms with van der Waals surface area (Å²) in [5.41, 5.74) is 4.83. The molecule has 26 heavy (non-hydrogen) atoms. The molecule has 0 amide bonds.